The molecular formula is C15H18N2S6. The fraction of sp³-hybridized carbons (Fsp3) is 0.267. The van der Waals surface area contributed by atoms with Gasteiger partial charge in [0.05, 0.1) is 15.4 Å². The summed E-state index contributed by atoms with van der Waals surface area (Å²) in [7, 11) is 0. The van der Waals surface area contributed by atoms with Crippen molar-refractivity contribution in [2.24, 2.45) is 0 Å². The fourth-order valence-corrected chi connectivity index (χ4v) is 4.81. The minimum absolute atomic E-state index is 0.753. The van der Waals surface area contributed by atoms with E-state index < -0.39 is 0 Å². The Hall–Kier alpha value is -0.250. The van der Waals surface area contributed by atoms with Crippen molar-refractivity contribution in [2.75, 3.05) is 6.54 Å². The summed E-state index contributed by atoms with van der Waals surface area (Å²) in [5.74, 6) is 0. The van der Waals surface area contributed by atoms with E-state index >= 15 is 0 Å². The summed E-state index contributed by atoms with van der Waals surface area (Å²) in [5.41, 5.74) is 1.58. The predicted molar refractivity (Wildman–Crippen MR) is 120 cm³/mol. The second-order valence-electron chi connectivity index (χ2n) is 4.15. The van der Waals surface area contributed by atoms with Gasteiger partial charge in [-0.15, -0.1) is 24.0 Å². The lowest BCUT2D eigenvalue weighted by Crippen LogP contribution is -2.23. The van der Waals surface area contributed by atoms with Gasteiger partial charge in [-0.3, -0.25) is 0 Å². The number of nitrogens with zero attached hydrogens (tertiary/aromatic N) is 2. The Morgan fingerprint density at radius 1 is 1.30 bits per heavy atom. The molecule has 1 rings (SSSR count). The minimum Gasteiger partial charge on any atom is -0.324 e. The Kier molecular flexibility index (Phi) is 10.2. The molecule has 0 atom stereocenters. The Morgan fingerprint density at radius 3 is 2.57 bits per heavy atom. The predicted octanol–water partition coefficient (Wildman–Crippen LogP) is 5.97. The lowest BCUT2D eigenvalue weighted by molar-refractivity contribution is 0.695. The van der Waals surface area contributed by atoms with Crippen LogP contribution in [0.4, 0.5) is 0 Å². The van der Waals surface area contributed by atoms with Crippen LogP contribution in [0.25, 0.3) is 6.08 Å². The van der Waals surface area contributed by atoms with Gasteiger partial charge in [0.15, 0.2) is 3.95 Å². The Labute approximate surface area is 167 Å². The number of allylic oxidation sites excluding steroid dienone is 4. The molecule has 0 aromatic carbocycles. The molecule has 0 saturated heterocycles. The third-order valence-electron chi connectivity index (χ3n) is 2.74. The second-order valence-corrected chi connectivity index (χ2v) is 8.00. The van der Waals surface area contributed by atoms with Crippen LogP contribution in [-0.2, 0) is 6.54 Å². The molecule has 1 aromatic rings. The molecule has 0 aliphatic heterocycles. The van der Waals surface area contributed by atoms with Crippen molar-refractivity contribution in [3.63, 3.8) is 0 Å². The van der Waals surface area contributed by atoms with E-state index in [1.807, 2.05) is 52.2 Å². The van der Waals surface area contributed by atoms with Gasteiger partial charge in [-0.2, -0.15) is 0 Å². The van der Waals surface area contributed by atoms with E-state index in [2.05, 4.69) is 19.6 Å². The van der Waals surface area contributed by atoms with Crippen molar-refractivity contribution in [1.29, 1.82) is 0 Å². The van der Waals surface area contributed by atoms with Crippen molar-refractivity contribution in [1.82, 2.24) is 9.47 Å². The largest absolute Gasteiger partial charge is 0.324 e. The van der Waals surface area contributed by atoms with Crippen LogP contribution in [0.1, 0.15) is 18.7 Å². The number of thiol groups is 1. The zero-order valence-electron chi connectivity index (χ0n) is 12.8. The lowest BCUT2D eigenvalue weighted by atomic mass is 10.4. The molecule has 0 saturated carbocycles. The van der Waals surface area contributed by atoms with E-state index in [9.17, 15) is 0 Å². The number of thiocarbonyl (C=S) groups is 2. The summed E-state index contributed by atoms with van der Waals surface area (Å²) in [6.45, 7) is 5.71. The molecule has 0 aliphatic rings. The summed E-state index contributed by atoms with van der Waals surface area (Å²) >= 11 is 23.0. The van der Waals surface area contributed by atoms with Crippen LogP contribution in [0.5, 0.6) is 0 Å². The third-order valence-corrected chi connectivity index (χ3v) is 6.30. The van der Waals surface area contributed by atoms with Gasteiger partial charge in [0.2, 0.25) is 0 Å². The molecule has 0 amide bonds. The quantitative estimate of drug-likeness (QED) is 0.330. The fourth-order valence-electron chi connectivity index (χ4n) is 1.53. The van der Waals surface area contributed by atoms with Gasteiger partial charge in [-0.05, 0) is 37.5 Å². The molecule has 2 nitrogen and oxygen atoms in total. The number of thioether (sulfide) groups is 1. The van der Waals surface area contributed by atoms with Crippen LogP contribution in [0.2, 0.25) is 0 Å². The Morgan fingerprint density at radius 2 is 2.00 bits per heavy atom. The SMILES string of the molecule is CCN(C=S)C(=S)S\C=C/C=C/C=C/c1sc(=S)n(CC)c1S. The number of hydrogen-bond donors (Lipinski definition) is 1. The first-order valence-electron chi connectivity index (χ1n) is 6.90. The van der Waals surface area contributed by atoms with Crippen LogP contribution in [-0.4, -0.2) is 25.8 Å². The molecule has 0 aliphatic carbocycles. The maximum absolute atomic E-state index is 5.30. The highest BCUT2D eigenvalue weighted by Crippen LogP contribution is 2.24. The molecule has 8 heteroatoms. The summed E-state index contributed by atoms with van der Waals surface area (Å²) in [6, 6.07) is 0. The van der Waals surface area contributed by atoms with Gasteiger partial charge in [0.1, 0.15) is 4.32 Å². The zero-order valence-corrected chi connectivity index (χ0v) is 17.8. The van der Waals surface area contributed by atoms with Crippen molar-refractivity contribution >= 4 is 88.3 Å². The van der Waals surface area contributed by atoms with E-state index in [4.69, 9.17) is 36.7 Å². The van der Waals surface area contributed by atoms with Crippen molar-refractivity contribution in [3.8, 4) is 0 Å². The maximum atomic E-state index is 5.30. The van der Waals surface area contributed by atoms with Crippen molar-refractivity contribution in [2.45, 2.75) is 25.4 Å². The van der Waals surface area contributed by atoms with E-state index in [0.29, 0.717) is 0 Å². The molecule has 23 heavy (non-hydrogen) atoms. The van der Waals surface area contributed by atoms with E-state index in [-0.39, 0.29) is 0 Å². The number of hydrogen-bond acceptors (Lipinski definition) is 6. The van der Waals surface area contributed by atoms with Crippen LogP contribution in [0.15, 0.2) is 34.7 Å². The normalized spacial score (nSPS) is 11.8. The van der Waals surface area contributed by atoms with Crippen LogP contribution in [0, 0.1) is 3.95 Å². The number of thiazole rings is 1. The van der Waals surface area contributed by atoms with Gasteiger partial charge in [0, 0.05) is 13.1 Å². The minimum atomic E-state index is 0.753. The number of aromatic nitrogens is 1. The number of rotatable bonds is 7. The molecule has 0 unspecified atom stereocenters. The molecule has 0 bridgehead atoms. The first-order chi connectivity index (χ1) is 11.0. The van der Waals surface area contributed by atoms with Gasteiger partial charge in [-0.1, -0.05) is 60.5 Å². The zero-order chi connectivity index (χ0) is 17.2. The lowest BCUT2D eigenvalue weighted by Gasteiger charge is -2.14. The Bertz CT molecular complexity index is 681. The van der Waals surface area contributed by atoms with Crippen molar-refractivity contribution < 1.29 is 0 Å². The average molecular weight is 419 g/mol. The molecule has 0 fully saturated rings. The topological polar surface area (TPSA) is 8.17 Å². The third kappa shape index (κ3) is 6.64. The molecular weight excluding hydrogens is 401 g/mol. The highest BCUT2D eigenvalue weighted by atomic mass is 32.2. The smallest absolute Gasteiger partial charge is 0.162 e. The first-order valence-corrected chi connectivity index (χ1v) is 10.3. The molecule has 124 valence electrons. The van der Waals surface area contributed by atoms with Gasteiger partial charge in [0.25, 0.3) is 0 Å². The molecule has 0 radical (unpaired) electrons. The molecule has 1 aromatic heterocycles. The summed E-state index contributed by atoms with van der Waals surface area (Å²) in [5, 5.41) is 2.86. The average Bonchev–Trinajstić information content (AvgIpc) is 2.81. The van der Waals surface area contributed by atoms with Gasteiger partial charge in [-0.25, -0.2) is 0 Å². The first kappa shape index (κ1) is 20.8. The summed E-state index contributed by atoms with van der Waals surface area (Å²) in [6.07, 6.45) is 9.85. The standard InChI is InChI=1S/C15H18N2S6/c1-3-16(11-18)14(20)22-10-8-6-5-7-9-12-13(19)17(4-2)15(21)23-12/h5-11,19H,3-4H2,1-2H3/b6-5+,9-7+,10-8-. The van der Waals surface area contributed by atoms with E-state index in [1.54, 1.807) is 16.8 Å². The van der Waals surface area contributed by atoms with E-state index in [0.717, 1.165) is 31.3 Å². The van der Waals surface area contributed by atoms with Gasteiger partial charge >= 0.3 is 0 Å². The Balaban J connectivity index is 2.54. The van der Waals surface area contributed by atoms with Crippen LogP contribution < -0.4 is 0 Å². The molecule has 0 N–H and O–H groups in total. The van der Waals surface area contributed by atoms with Gasteiger partial charge < -0.3 is 9.47 Å². The second kappa shape index (κ2) is 11.3. The van der Waals surface area contributed by atoms with Crippen LogP contribution in [0.3, 0.4) is 0 Å². The molecule has 1 heterocycles. The summed E-state index contributed by atoms with van der Waals surface area (Å²) in [4.78, 5) is 2.92. The molecule has 0 spiro atoms. The highest BCUT2D eigenvalue weighted by molar-refractivity contribution is 8.24. The van der Waals surface area contributed by atoms with Crippen LogP contribution >= 0.6 is 72.4 Å². The highest BCUT2D eigenvalue weighted by Gasteiger charge is 2.04. The van der Waals surface area contributed by atoms with E-state index in [1.165, 1.54) is 11.8 Å². The maximum Gasteiger partial charge on any atom is 0.162 e. The monoisotopic (exact) mass is 418 g/mol. The summed E-state index contributed by atoms with van der Waals surface area (Å²) < 4.78 is 3.62. The van der Waals surface area contributed by atoms with Crippen molar-refractivity contribution in [3.05, 3.63) is 38.5 Å².